The van der Waals surface area contributed by atoms with E-state index in [0.29, 0.717) is 14.2 Å². The summed E-state index contributed by atoms with van der Waals surface area (Å²) in [6, 6.07) is 3.78. The monoisotopic (exact) mass is 322 g/mol. The number of nitrogens with two attached hydrogens (primary N) is 1. The van der Waals surface area contributed by atoms with Crippen LogP contribution in [0.5, 0.6) is 0 Å². The molecule has 1 aromatic carbocycles. The van der Waals surface area contributed by atoms with Gasteiger partial charge in [-0.05, 0) is 18.6 Å². The van der Waals surface area contributed by atoms with Gasteiger partial charge >= 0.3 is 0 Å². The Hall–Kier alpha value is -0.720. The summed E-state index contributed by atoms with van der Waals surface area (Å²) >= 11 is 13.0. The minimum absolute atomic E-state index is 0.0852. The predicted octanol–water partition coefficient (Wildman–Crippen LogP) is 4.19. The first kappa shape index (κ1) is 14.7. The summed E-state index contributed by atoms with van der Waals surface area (Å²) < 4.78 is 28.4. The van der Waals surface area contributed by atoms with E-state index in [1.54, 1.807) is 6.07 Å². The van der Waals surface area contributed by atoms with Gasteiger partial charge in [-0.1, -0.05) is 35.3 Å². The van der Waals surface area contributed by atoms with Gasteiger partial charge in [-0.3, -0.25) is 5.84 Å². The third-order valence-electron chi connectivity index (χ3n) is 2.78. The maximum Gasteiger partial charge on any atom is 0.164 e. The van der Waals surface area contributed by atoms with Crippen molar-refractivity contribution in [1.29, 1.82) is 0 Å². The molecule has 2 rings (SSSR count). The molecule has 0 aliphatic carbocycles. The molecule has 1 aromatic heterocycles. The van der Waals surface area contributed by atoms with Crippen molar-refractivity contribution in [3.8, 4) is 0 Å². The zero-order chi connectivity index (χ0) is 14.2. The number of hydrazine groups is 1. The van der Waals surface area contributed by atoms with Crippen molar-refractivity contribution in [2.45, 2.75) is 13.0 Å². The Balaban J connectivity index is 2.54. The summed E-state index contributed by atoms with van der Waals surface area (Å²) in [6.45, 7) is 1.49. The van der Waals surface area contributed by atoms with Crippen LogP contribution in [0, 0.1) is 18.6 Å². The lowest BCUT2D eigenvalue weighted by atomic mass is 9.99. The lowest BCUT2D eigenvalue weighted by Crippen LogP contribution is -2.29. The maximum absolute atomic E-state index is 14.0. The van der Waals surface area contributed by atoms with E-state index in [-0.39, 0.29) is 11.1 Å². The molecule has 0 radical (unpaired) electrons. The Morgan fingerprint density at radius 2 is 1.89 bits per heavy atom. The summed E-state index contributed by atoms with van der Waals surface area (Å²) in [5.74, 6) is 3.60. The van der Waals surface area contributed by atoms with E-state index in [1.165, 1.54) is 19.1 Å². The van der Waals surface area contributed by atoms with Crippen LogP contribution in [0.15, 0.2) is 18.2 Å². The fourth-order valence-electron chi connectivity index (χ4n) is 1.78. The van der Waals surface area contributed by atoms with Gasteiger partial charge in [-0.2, -0.15) is 0 Å². The average Bonchev–Trinajstić information content (AvgIpc) is 2.69. The highest BCUT2D eigenvalue weighted by Gasteiger charge is 2.23. The van der Waals surface area contributed by atoms with Gasteiger partial charge in [0.05, 0.1) is 14.7 Å². The van der Waals surface area contributed by atoms with Crippen molar-refractivity contribution in [3.63, 3.8) is 0 Å². The molecule has 0 saturated heterocycles. The summed E-state index contributed by atoms with van der Waals surface area (Å²) in [5.41, 5.74) is 3.26. The highest BCUT2D eigenvalue weighted by molar-refractivity contribution is 7.20. The number of hydrogen-bond donors (Lipinski definition) is 2. The molecule has 0 amide bonds. The van der Waals surface area contributed by atoms with E-state index in [1.807, 2.05) is 0 Å². The second-order valence-corrected chi connectivity index (χ2v) is 6.26. The first-order chi connectivity index (χ1) is 8.95. The Bertz CT molecular complexity index is 616. The number of hydrogen-bond acceptors (Lipinski definition) is 3. The highest BCUT2D eigenvalue weighted by Crippen LogP contribution is 2.38. The minimum atomic E-state index is -0.943. The van der Waals surface area contributed by atoms with Gasteiger partial charge in [0.2, 0.25) is 0 Å². The zero-order valence-corrected chi connectivity index (χ0v) is 12.1. The third-order valence-corrected chi connectivity index (χ3v) is 4.29. The number of thiophene rings is 1. The van der Waals surface area contributed by atoms with Crippen LogP contribution >= 0.6 is 34.5 Å². The van der Waals surface area contributed by atoms with Crippen molar-refractivity contribution in [1.82, 2.24) is 5.43 Å². The van der Waals surface area contributed by atoms with E-state index in [2.05, 4.69) is 5.43 Å². The average molecular weight is 323 g/mol. The molecule has 0 bridgehead atoms. The van der Waals surface area contributed by atoms with Crippen LogP contribution in [0.1, 0.15) is 22.7 Å². The Morgan fingerprint density at radius 3 is 2.42 bits per heavy atom. The molecule has 0 spiro atoms. The summed E-state index contributed by atoms with van der Waals surface area (Å²) in [7, 11) is 0. The second-order valence-electron chi connectivity index (χ2n) is 3.98. The SMILES string of the molecule is Cc1ccc(C(NN)c2cc(Cl)sc2Cl)c(F)c1F. The van der Waals surface area contributed by atoms with Crippen molar-refractivity contribution < 1.29 is 8.78 Å². The minimum Gasteiger partial charge on any atom is -0.271 e. The van der Waals surface area contributed by atoms with Crippen LogP contribution in [-0.2, 0) is 0 Å². The molecule has 102 valence electrons. The van der Waals surface area contributed by atoms with Crippen LogP contribution in [0.2, 0.25) is 8.67 Å². The molecule has 0 aliphatic rings. The molecular formula is C12H10Cl2F2N2S. The molecule has 7 heteroatoms. The molecule has 1 unspecified atom stereocenters. The molecule has 2 aromatic rings. The van der Waals surface area contributed by atoms with E-state index in [0.717, 1.165) is 11.3 Å². The highest BCUT2D eigenvalue weighted by atomic mass is 35.5. The molecule has 0 aliphatic heterocycles. The van der Waals surface area contributed by atoms with Crippen LogP contribution in [0.4, 0.5) is 8.78 Å². The maximum atomic E-state index is 14.0. The van der Waals surface area contributed by atoms with Gasteiger partial charge in [0.25, 0.3) is 0 Å². The van der Waals surface area contributed by atoms with Gasteiger partial charge in [-0.15, -0.1) is 11.3 Å². The first-order valence-electron chi connectivity index (χ1n) is 5.31. The van der Waals surface area contributed by atoms with Crippen molar-refractivity contribution in [2.24, 2.45) is 5.84 Å². The number of benzene rings is 1. The van der Waals surface area contributed by atoms with E-state index >= 15 is 0 Å². The van der Waals surface area contributed by atoms with Crippen molar-refractivity contribution in [2.75, 3.05) is 0 Å². The Kier molecular flexibility index (Phi) is 4.43. The predicted molar refractivity (Wildman–Crippen MR) is 74.6 cm³/mol. The lowest BCUT2D eigenvalue weighted by molar-refractivity contribution is 0.479. The normalized spacial score (nSPS) is 12.7. The van der Waals surface area contributed by atoms with Crippen LogP contribution in [-0.4, -0.2) is 0 Å². The Morgan fingerprint density at radius 1 is 1.21 bits per heavy atom. The molecule has 19 heavy (non-hydrogen) atoms. The molecule has 2 nitrogen and oxygen atoms in total. The van der Waals surface area contributed by atoms with Gasteiger partial charge in [-0.25, -0.2) is 14.2 Å². The van der Waals surface area contributed by atoms with Gasteiger partial charge in [0, 0.05) is 11.1 Å². The summed E-state index contributed by atoms with van der Waals surface area (Å²) in [5, 5.41) is 0. The second kappa shape index (κ2) is 5.73. The first-order valence-corrected chi connectivity index (χ1v) is 6.88. The zero-order valence-electron chi connectivity index (χ0n) is 9.81. The standard InChI is InChI=1S/C12H10Cl2F2N2S/c1-5-2-3-6(10(16)9(5)15)11(18-17)7-4-8(13)19-12(7)14/h2-4,11,18H,17H2,1H3. The summed E-state index contributed by atoms with van der Waals surface area (Å²) in [6.07, 6.45) is 0. The smallest absolute Gasteiger partial charge is 0.164 e. The lowest BCUT2D eigenvalue weighted by Gasteiger charge is -2.17. The van der Waals surface area contributed by atoms with E-state index < -0.39 is 17.7 Å². The molecular weight excluding hydrogens is 313 g/mol. The Labute approximate surface area is 123 Å². The molecule has 1 atom stereocenters. The molecule has 3 N–H and O–H groups in total. The number of nitrogens with one attached hydrogen (secondary N) is 1. The van der Waals surface area contributed by atoms with Gasteiger partial charge in [0.1, 0.15) is 0 Å². The van der Waals surface area contributed by atoms with Crippen molar-refractivity contribution >= 4 is 34.5 Å². The fourth-order valence-corrected chi connectivity index (χ4v) is 3.31. The third kappa shape index (κ3) is 2.75. The van der Waals surface area contributed by atoms with Crippen LogP contribution < -0.4 is 11.3 Å². The number of halogens is 4. The van der Waals surface area contributed by atoms with Crippen LogP contribution in [0.3, 0.4) is 0 Å². The molecule has 0 saturated carbocycles. The number of rotatable bonds is 3. The fraction of sp³-hybridized carbons (Fsp3) is 0.167. The van der Waals surface area contributed by atoms with Gasteiger partial charge < -0.3 is 0 Å². The topological polar surface area (TPSA) is 38.0 Å². The van der Waals surface area contributed by atoms with E-state index in [9.17, 15) is 8.78 Å². The molecule has 1 heterocycles. The largest absolute Gasteiger partial charge is 0.271 e. The number of aryl methyl sites for hydroxylation is 1. The van der Waals surface area contributed by atoms with Crippen molar-refractivity contribution in [3.05, 3.63) is 55.2 Å². The quantitative estimate of drug-likeness (QED) is 0.656. The van der Waals surface area contributed by atoms with E-state index in [4.69, 9.17) is 29.0 Å². The summed E-state index contributed by atoms with van der Waals surface area (Å²) in [4.78, 5) is 0. The molecule has 0 fully saturated rings. The van der Waals surface area contributed by atoms with Crippen LogP contribution in [0.25, 0.3) is 0 Å². The van der Waals surface area contributed by atoms with Gasteiger partial charge in [0.15, 0.2) is 11.6 Å².